The number of benzene rings is 2. The van der Waals surface area contributed by atoms with Crippen LogP contribution in [0.4, 0.5) is 5.69 Å². The summed E-state index contributed by atoms with van der Waals surface area (Å²) >= 11 is 7.17. The van der Waals surface area contributed by atoms with Crippen LogP contribution in [-0.4, -0.2) is 33.5 Å². The van der Waals surface area contributed by atoms with Crippen LogP contribution in [0.3, 0.4) is 0 Å². The number of hydrogen-bond acceptors (Lipinski definition) is 5. The van der Waals surface area contributed by atoms with Gasteiger partial charge in [-0.25, -0.2) is 0 Å². The van der Waals surface area contributed by atoms with Gasteiger partial charge in [0.05, 0.1) is 6.04 Å². The van der Waals surface area contributed by atoms with E-state index in [1.54, 1.807) is 24.3 Å². The van der Waals surface area contributed by atoms with Crippen molar-refractivity contribution < 1.29 is 9.59 Å². The molecule has 29 heavy (non-hydrogen) atoms. The highest BCUT2D eigenvalue weighted by Crippen LogP contribution is 2.35. The molecule has 2 heterocycles. The van der Waals surface area contributed by atoms with Gasteiger partial charge >= 0.3 is 0 Å². The molecule has 4 rings (SSSR count). The molecule has 0 bridgehead atoms. The van der Waals surface area contributed by atoms with E-state index >= 15 is 0 Å². The molecule has 3 aromatic rings. The van der Waals surface area contributed by atoms with Gasteiger partial charge in [0.25, 0.3) is 11.8 Å². The van der Waals surface area contributed by atoms with E-state index in [0.717, 1.165) is 18.4 Å². The zero-order valence-electron chi connectivity index (χ0n) is 15.8. The van der Waals surface area contributed by atoms with Gasteiger partial charge < -0.3 is 10.2 Å². The summed E-state index contributed by atoms with van der Waals surface area (Å²) in [6, 6.07) is 14.3. The molecule has 0 radical (unpaired) electrons. The molecule has 1 atom stereocenters. The number of nitrogens with zero attached hydrogens (tertiary/aromatic N) is 3. The monoisotopic (exact) mass is 426 g/mol. The van der Waals surface area contributed by atoms with E-state index in [2.05, 4.69) is 15.5 Å². The molecule has 6 nitrogen and oxygen atoms in total. The molecule has 2 aromatic carbocycles. The molecule has 1 aliphatic rings. The number of amides is 2. The molecule has 0 saturated carbocycles. The number of aryl methyl sites for hydroxylation is 1. The highest BCUT2D eigenvalue weighted by Gasteiger charge is 2.33. The Morgan fingerprint density at radius 1 is 1.17 bits per heavy atom. The van der Waals surface area contributed by atoms with E-state index in [4.69, 9.17) is 11.6 Å². The van der Waals surface area contributed by atoms with Gasteiger partial charge in [-0.1, -0.05) is 46.7 Å². The maximum atomic E-state index is 12.9. The molecule has 2 amide bonds. The first-order valence-corrected chi connectivity index (χ1v) is 10.5. The van der Waals surface area contributed by atoms with Crippen molar-refractivity contribution in [1.29, 1.82) is 0 Å². The predicted molar refractivity (Wildman–Crippen MR) is 114 cm³/mol. The molecular formula is C21H19ClN4O2S. The van der Waals surface area contributed by atoms with Gasteiger partial charge in [-0.05, 0) is 50.1 Å². The average molecular weight is 427 g/mol. The van der Waals surface area contributed by atoms with Crippen molar-refractivity contribution in [3.05, 3.63) is 74.7 Å². The summed E-state index contributed by atoms with van der Waals surface area (Å²) in [6.07, 6.45) is 1.70. The predicted octanol–water partition coefficient (Wildman–Crippen LogP) is 4.73. The fourth-order valence-electron chi connectivity index (χ4n) is 3.34. The van der Waals surface area contributed by atoms with Crippen LogP contribution in [-0.2, 0) is 0 Å². The zero-order chi connectivity index (χ0) is 20.4. The van der Waals surface area contributed by atoms with Gasteiger partial charge in [-0.2, -0.15) is 0 Å². The van der Waals surface area contributed by atoms with Crippen LogP contribution in [0.15, 0.2) is 48.5 Å². The second-order valence-corrected chi connectivity index (χ2v) is 8.38. The van der Waals surface area contributed by atoms with Crippen molar-refractivity contribution in [2.75, 3.05) is 11.9 Å². The lowest BCUT2D eigenvalue weighted by Crippen LogP contribution is -2.30. The topological polar surface area (TPSA) is 75.2 Å². The lowest BCUT2D eigenvalue weighted by Gasteiger charge is -2.22. The Labute approximate surface area is 177 Å². The van der Waals surface area contributed by atoms with E-state index < -0.39 is 0 Å². The van der Waals surface area contributed by atoms with Crippen LogP contribution in [0.5, 0.6) is 0 Å². The third kappa shape index (κ3) is 4.31. The van der Waals surface area contributed by atoms with Crippen molar-refractivity contribution in [1.82, 2.24) is 15.1 Å². The number of carbonyl (C=O) groups excluding carboxylic acids is 2. The quantitative estimate of drug-likeness (QED) is 0.654. The molecule has 1 aromatic heterocycles. The third-order valence-electron chi connectivity index (χ3n) is 4.81. The van der Waals surface area contributed by atoms with Crippen molar-refractivity contribution in [3.8, 4) is 0 Å². The lowest BCUT2D eigenvalue weighted by atomic mass is 10.1. The summed E-state index contributed by atoms with van der Waals surface area (Å²) < 4.78 is 0. The van der Waals surface area contributed by atoms with Gasteiger partial charge in [-0.15, -0.1) is 10.2 Å². The number of rotatable bonds is 4. The number of likely N-dealkylation sites (tertiary alicyclic amines) is 1. The summed E-state index contributed by atoms with van der Waals surface area (Å²) in [5.74, 6) is -0.363. The van der Waals surface area contributed by atoms with E-state index in [9.17, 15) is 9.59 Å². The SMILES string of the molecule is Cc1ccc(C(=O)N2CCC[C@H]2c2nnc(C(=O)Nc3cccc(Cl)c3)s2)cc1. The average Bonchev–Trinajstić information content (AvgIpc) is 3.37. The molecule has 1 aliphatic heterocycles. The van der Waals surface area contributed by atoms with E-state index in [-0.39, 0.29) is 22.9 Å². The van der Waals surface area contributed by atoms with Crippen LogP contribution in [0.2, 0.25) is 5.02 Å². The number of aromatic nitrogens is 2. The maximum absolute atomic E-state index is 12.9. The standard InChI is InChI=1S/C21H19ClN4O2S/c1-13-7-9-14(10-8-13)21(28)26-11-3-6-17(26)19-24-25-20(29-19)18(27)23-16-5-2-4-15(22)12-16/h2,4-5,7-10,12,17H,3,6,11H2,1H3,(H,23,27)/t17-/m0/s1. The molecule has 148 valence electrons. The van der Waals surface area contributed by atoms with E-state index in [1.165, 1.54) is 11.3 Å². The first-order chi connectivity index (χ1) is 14.0. The summed E-state index contributed by atoms with van der Waals surface area (Å²) in [5, 5.41) is 12.5. The Kier molecular flexibility index (Phi) is 5.60. The maximum Gasteiger partial charge on any atom is 0.286 e. The minimum atomic E-state index is -0.342. The van der Waals surface area contributed by atoms with Gasteiger partial charge in [0.15, 0.2) is 0 Å². The number of hydrogen-bond donors (Lipinski definition) is 1. The van der Waals surface area contributed by atoms with E-state index in [0.29, 0.717) is 27.8 Å². The fraction of sp³-hybridized carbons (Fsp3) is 0.238. The molecular weight excluding hydrogens is 408 g/mol. The molecule has 1 fully saturated rings. The van der Waals surface area contributed by atoms with Crippen molar-refractivity contribution >= 4 is 40.4 Å². The molecule has 1 saturated heterocycles. The van der Waals surface area contributed by atoms with Crippen LogP contribution in [0, 0.1) is 6.92 Å². The van der Waals surface area contributed by atoms with Crippen LogP contribution >= 0.6 is 22.9 Å². The van der Waals surface area contributed by atoms with Crippen LogP contribution in [0.25, 0.3) is 0 Å². The van der Waals surface area contributed by atoms with Gasteiger partial charge in [0.2, 0.25) is 5.01 Å². The highest BCUT2D eigenvalue weighted by molar-refractivity contribution is 7.13. The number of anilines is 1. The normalized spacial score (nSPS) is 16.1. The lowest BCUT2D eigenvalue weighted by molar-refractivity contribution is 0.0735. The minimum Gasteiger partial charge on any atom is -0.329 e. The first-order valence-electron chi connectivity index (χ1n) is 9.29. The van der Waals surface area contributed by atoms with E-state index in [1.807, 2.05) is 36.1 Å². The van der Waals surface area contributed by atoms with Crippen molar-refractivity contribution in [3.63, 3.8) is 0 Å². The number of nitrogens with one attached hydrogen (secondary N) is 1. The minimum absolute atomic E-state index is 0.0207. The molecule has 0 spiro atoms. The number of halogens is 1. The summed E-state index contributed by atoms with van der Waals surface area (Å²) in [7, 11) is 0. The van der Waals surface area contributed by atoms with Crippen LogP contribution in [0.1, 0.15) is 49.6 Å². The summed E-state index contributed by atoms with van der Waals surface area (Å²) in [5.41, 5.74) is 2.36. The van der Waals surface area contributed by atoms with Crippen LogP contribution < -0.4 is 5.32 Å². The second kappa shape index (κ2) is 8.31. The molecule has 8 heteroatoms. The number of carbonyl (C=O) groups is 2. The van der Waals surface area contributed by atoms with Crippen molar-refractivity contribution in [2.24, 2.45) is 0 Å². The second-order valence-electron chi connectivity index (χ2n) is 6.93. The molecule has 0 unspecified atom stereocenters. The summed E-state index contributed by atoms with van der Waals surface area (Å²) in [6.45, 7) is 2.66. The Morgan fingerprint density at radius 3 is 2.72 bits per heavy atom. The zero-order valence-corrected chi connectivity index (χ0v) is 17.3. The van der Waals surface area contributed by atoms with Crippen molar-refractivity contribution in [2.45, 2.75) is 25.8 Å². The molecule has 0 aliphatic carbocycles. The Morgan fingerprint density at radius 2 is 1.97 bits per heavy atom. The summed E-state index contributed by atoms with van der Waals surface area (Å²) in [4.78, 5) is 27.3. The Balaban J connectivity index is 1.49. The third-order valence-corrected chi connectivity index (χ3v) is 6.07. The highest BCUT2D eigenvalue weighted by atomic mass is 35.5. The molecule has 1 N–H and O–H groups in total. The Hall–Kier alpha value is -2.77. The van der Waals surface area contributed by atoms with Gasteiger partial charge in [-0.3, -0.25) is 9.59 Å². The van der Waals surface area contributed by atoms with Gasteiger partial charge in [0, 0.05) is 22.8 Å². The smallest absolute Gasteiger partial charge is 0.286 e. The fourth-order valence-corrected chi connectivity index (χ4v) is 4.42. The first kappa shape index (κ1) is 19.5. The largest absolute Gasteiger partial charge is 0.329 e. The van der Waals surface area contributed by atoms with Gasteiger partial charge in [0.1, 0.15) is 5.01 Å². The Bertz CT molecular complexity index is 1050.